The second-order valence-electron chi connectivity index (χ2n) is 20.6. The minimum absolute atomic E-state index is 0.607. The third-order valence-electron chi connectivity index (χ3n) is 16.8. The lowest BCUT2D eigenvalue weighted by Gasteiger charge is -2.35. The topological polar surface area (TPSA) is 0 Å². The molecule has 2 heterocycles. The Hall–Kier alpha value is -9.02. The summed E-state index contributed by atoms with van der Waals surface area (Å²) in [5.41, 5.74) is 14.8. The molecule has 2 aromatic heterocycles. The minimum Gasteiger partial charge on any atom is -0.0766 e. The number of rotatable bonds is 7. The zero-order valence-corrected chi connectivity index (χ0v) is 43.9. The lowest BCUT2D eigenvalue weighted by Crippen LogP contribution is -2.29. The van der Waals surface area contributed by atoms with Gasteiger partial charge in [0.05, 0.1) is 5.41 Å². The summed E-state index contributed by atoms with van der Waals surface area (Å²) in [4.78, 5) is 0. The van der Waals surface area contributed by atoms with Crippen LogP contribution in [0.25, 0.3) is 119 Å². The fraction of sp³-hybridized carbons (Fsp3) is 0.0133. The van der Waals surface area contributed by atoms with Gasteiger partial charge in [-0.25, -0.2) is 0 Å². The monoisotopic (exact) mass is 1010 g/mol. The summed E-state index contributed by atoms with van der Waals surface area (Å²) >= 11 is 0. The van der Waals surface area contributed by atoms with Crippen LogP contribution >= 0.6 is 15.1 Å². The summed E-state index contributed by atoms with van der Waals surface area (Å²) in [5, 5.41) is 18.9. The van der Waals surface area contributed by atoms with E-state index in [1.165, 1.54) is 141 Å². The molecule has 0 nitrogen and oxygen atoms in total. The Labute approximate surface area is 449 Å². The van der Waals surface area contributed by atoms with Gasteiger partial charge in [-0.1, -0.05) is 300 Å². The van der Waals surface area contributed by atoms with Crippen LogP contribution in [0.4, 0.5) is 0 Å². The molecule has 0 radical (unpaired) electrons. The van der Waals surface area contributed by atoms with Crippen LogP contribution in [0.15, 0.2) is 291 Å². The molecule has 77 heavy (non-hydrogen) atoms. The van der Waals surface area contributed by atoms with E-state index in [0.717, 1.165) is 0 Å². The van der Waals surface area contributed by atoms with Gasteiger partial charge in [-0.05, 0) is 127 Å². The van der Waals surface area contributed by atoms with Crippen molar-refractivity contribution >= 4 is 78.6 Å². The number of hydrogen-bond acceptors (Lipinski definition) is 0. The Kier molecular flexibility index (Phi) is 10.1. The molecule has 1 aliphatic carbocycles. The SMILES string of the molecule is c1ccc(-p2c3ccccc3c3cccc(-c4cccc5c(-c6cccc7c6C(c6ccccc6)(c6ccccc6)c6ccccc6-7)c6cccc(-c7cccc8c9ccccc9p(-c9ccccc9)c78)c6cc45)c32)cc1. The predicted octanol–water partition coefficient (Wildman–Crippen LogP) is 21.9. The molecule has 15 aromatic rings. The van der Waals surface area contributed by atoms with E-state index in [0.29, 0.717) is 0 Å². The average Bonchev–Trinajstić information content (AvgIpc) is 4.37. The van der Waals surface area contributed by atoms with E-state index in [1.54, 1.807) is 0 Å². The van der Waals surface area contributed by atoms with Crippen LogP contribution in [-0.4, -0.2) is 0 Å². The van der Waals surface area contributed by atoms with Crippen molar-refractivity contribution in [3.05, 3.63) is 313 Å². The van der Waals surface area contributed by atoms with Gasteiger partial charge in [-0.15, -0.1) is 0 Å². The van der Waals surface area contributed by atoms with Gasteiger partial charge >= 0.3 is 0 Å². The zero-order valence-electron chi connectivity index (χ0n) is 42.1. The molecule has 0 spiro atoms. The first-order valence-corrected chi connectivity index (χ1v) is 29.4. The first-order chi connectivity index (χ1) is 38.3. The van der Waals surface area contributed by atoms with E-state index in [4.69, 9.17) is 0 Å². The molecule has 2 heteroatoms. The fourth-order valence-corrected chi connectivity index (χ4v) is 19.4. The highest BCUT2D eigenvalue weighted by atomic mass is 31.1. The van der Waals surface area contributed by atoms with Crippen LogP contribution in [0.1, 0.15) is 22.3 Å². The molecular formula is C75H48P2. The summed E-state index contributed by atoms with van der Waals surface area (Å²) in [6.07, 6.45) is 0. The van der Waals surface area contributed by atoms with Crippen molar-refractivity contribution in [1.82, 2.24) is 0 Å². The summed E-state index contributed by atoms with van der Waals surface area (Å²) in [7, 11) is -1.69. The molecule has 0 aliphatic heterocycles. The van der Waals surface area contributed by atoms with Crippen molar-refractivity contribution in [2.45, 2.75) is 5.41 Å². The molecule has 0 amide bonds. The van der Waals surface area contributed by atoms with Crippen molar-refractivity contribution < 1.29 is 0 Å². The zero-order chi connectivity index (χ0) is 50.6. The van der Waals surface area contributed by atoms with Gasteiger partial charge in [0.2, 0.25) is 0 Å². The van der Waals surface area contributed by atoms with Gasteiger partial charge < -0.3 is 0 Å². The maximum atomic E-state index is 2.58. The number of benzene rings is 13. The number of fused-ring (bicyclic) bond motifs is 11. The average molecular weight is 1010 g/mol. The summed E-state index contributed by atoms with van der Waals surface area (Å²) < 4.78 is 0. The van der Waals surface area contributed by atoms with Crippen molar-refractivity contribution in [3.8, 4) is 55.1 Å². The van der Waals surface area contributed by atoms with Crippen LogP contribution in [-0.2, 0) is 5.41 Å². The molecule has 16 rings (SSSR count). The highest BCUT2D eigenvalue weighted by Gasteiger charge is 2.47. The molecule has 0 N–H and O–H groups in total. The van der Waals surface area contributed by atoms with Gasteiger partial charge in [0, 0.05) is 20.5 Å². The summed E-state index contributed by atoms with van der Waals surface area (Å²) in [5.74, 6) is 0. The first kappa shape index (κ1) is 44.3. The van der Waals surface area contributed by atoms with Crippen molar-refractivity contribution in [3.63, 3.8) is 0 Å². The molecule has 0 saturated carbocycles. The summed E-state index contributed by atoms with van der Waals surface area (Å²) in [6.45, 7) is 0. The third-order valence-corrected chi connectivity index (χ3v) is 22.0. The molecule has 358 valence electrons. The van der Waals surface area contributed by atoms with Gasteiger partial charge in [0.15, 0.2) is 0 Å². The van der Waals surface area contributed by atoms with Crippen LogP contribution < -0.4 is 0 Å². The van der Waals surface area contributed by atoms with E-state index in [-0.39, 0.29) is 0 Å². The maximum Gasteiger partial charge on any atom is 0.0719 e. The molecule has 2 unspecified atom stereocenters. The van der Waals surface area contributed by atoms with Crippen molar-refractivity contribution in [2.75, 3.05) is 0 Å². The standard InChI is InChI=1S/C75H48P2/c1-5-24-49(25-6-1)75(50-26-7-2-8-27-50)68-45-16-13-32-55(68)60-39-21-44-65(72(60)75)71-58-37-19-35-53(61-40-22-42-63-56-33-14-17-46-69(56)76(73(61)63)51-28-9-3-10-29-51)66(58)48-67-54(36-20-38-59(67)71)62-41-23-43-64-57-34-15-18-47-70(57)77(74(62)64)52-30-11-4-12-31-52/h1-48H. The molecule has 13 aromatic carbocycles. The van der Waals surface area contributed by atoms with E-state index >= 15 is 0 Å². The van der Waals surface area contributed by atoms with E-state index < -0.39 is 20.5 Å². The quantitative estimate of drug-likeness (QED) is 0.140. The maximum absolute atomic E-state index is 2.58. The largest absolute Gasteiger partial charge is 0.0766 e. The molecule has 0 fully saturated rings. The second-order valence-corrected chi connectivity index (χ2v) is 24.8. The normalized spacial score (nSPS) is 13.2. The Balaban J connectivity index is 1.09. The van der Waals surface area contributed by atoms with Crippen LogP contribution in [0.2, 0.25) is 0 Å². The van der Waals surface area contributed by atoms with Gasteiger partial charge in [-0.3, -0.25) is 0 Å². The Morgan fingerprint density at radius 3 is 1.12 bits per heavy atom. The van der Waals surface area contributed by atoms with E-state index in [1.807, 2.05) is 0 Å². The van der Waals surface area contributed by atoms with E-state index in [9.17, 15) is 0 Å². The Morgan fingerprint density at radius 1 is 0.234 bits per heavy atom. The van der Waals surface area contributed by atoms with E-state index in [2.05, 4.69) is 291 Å². The van der Waals surface area contributed by atoms with Gasteiger partial charge in [-0.2, -0.15) is 0 Å². The van der Waals surface area contributed by atoms with Crippen molar-refractivity contribution in [1.29, 1.82) is 0 Å². The molecule has 2 atom stereocenters. The highest BCUT2D eigenvalue weighted by molar-refractivity contribution is 7.68. The lowest BCUT2D eigenvalue weighted by atomic mass is 9.65. The lowest BCUT2D eigenvalue weighted by molar-refractivity contribution is 0.770. The smallest absolute Gasteiger partial charge is 0.0719 e. The van der Waals surface area contributed by atoms with Crippen molar-refractivity contribution in [2.24, 2.45) is 0 Å². The highest BCUT2D eigenvalue weighted by Crippen LogP contribution is 2.63. The van der Waals surface area contributed by atoms with Gasteiger partial charge in [0.25, 0.3) is 0 Å². The molecular weight excluding hydrogens is 963 g/mol. The molecule has 0 bridgehead atoms. The predicted molar refractivity (Wildman–Crippen MR) is 333 cm³/mol. The Bertz CT molecular complexity index is 4580. The van der Waals surface area contributed by atoms with Crippen LogP contribution in [0.5, 0.6) is 0 Å². The van der Waals surface area contributed by atoms with Crippen LogP contribution in [0, 0.1) is 0 Å². The molecule has 0 saturated heterocycles. The second kappa shape index (κ2) is 17.5. The Morgan fingerprint density at radius 2 is 0.597 bits per heavy atom. The third kappa shape index (κ3) is 6.41. The summed E-state index contributed by atoms with van der Waals surface area (Å²) in [6, 6.07) is 111. The first-order valence-electron chi connectivity index (χ1n) is 26.8. The minimum atomic E-state index is -0.846. The fourth-order valence-electron chi connectivity index (χ4n) is 13.8. The van der Waals surface area contributed by atoms with Gasteiger partial charge in [0.1, 0.15) is 0 Å². The van der Waals surface area contributed by atoms with Crippen LogP contribution in [0.3, 0.4) is 0 Å². The number of hydrogen-bond donors (Lipinski definition) is 0. The molecule has 1 aliphatic rings.